The first kappa shape index (κ1) is 17.4. The van der Waals surface area contributed by atoms with E-state index < -0.39 is 0 Å². The summed E-state index contributed by atoms with van der Waals surface area (Å²) in [6.45, 7) is 17.8. The molecule has 0 heteroatoms. The zero-order valence-corrected chi connectivity index (χ0v) is 17.4. The normalized spacial score (nSPS) is 55.5. The largest absolute Gasteiger partial charge is 0.0625 e. The topological polar surface area (TPSA) is 0 Å². The van der Waals surface area contributed by atoms with Crippen molar-refractivity contribution < 1.29 is 0 Å². The molecule has 0 aromatic rings. The second kappa shape index (κ2) is 5.75. The van der Waals surface area contributed by atoms with Gasteiger partial charge in [0, 0.05) is 0 Å². The van der Waals surface area contributed by atoms with Gasteiger partial charge in [-0.1, -0.05) is 48.5 Å². The quantitative estimate of drug-likeness (QED) is 0.514. The Morgan fingerprint density at radius 2 is 1.54 bits per heavy atom. The average molecular weight is 331 g/mol. The van der Waals surface area contributed by atoms with Gasteiger partial charge in [-0.25, -0.2) is 0 Å². The summed E-state index contributed by atoms with van der Waals surface area (Å²) in [5.74, 6) is 11.1. The highest BCUT2D eigenvalue weighted by molar-refractivity contribution is 5.11. The Morgan fingerprint density at radius 3 is 2.08 bits per heavy atom. The van der Waals surface area contributed by atoms with Crippen LogP contribution in [0.3, 0.4) is 0 Å². The van der Waals surface area contributed by atoms with Crippen LogP contribution in [0.1, 0.15) is 80.6 Å². The van der Waals surface area contributed by atoms with Gasteiger partial charge >= 0.3 is 0 Å². The van der Waals surface area contributed by atoms with E-state index in [1.807, 2.05) is 0 Å². The van der Waals surface area contributed by atoms with Crippen LogP contribution in [0.4, 0.5) is 0 Å². The second-order valence-corrected chi connectivity index (χ2v) is 11.3. The van der Waals surface area contributed by atoms with E-state index in [0.717, 1.165) is 70.5 Å². The Bertz CT molecular complexity index is 470. The molecule has 138 valence electrons. The molecule has 0 aromatic heterocycles. The van der Waals surface area contributed by atoms with Crippen LogP contribution in [-0.4, -0.2) is 0 Å². The van der Waals surface area contributed by atoms with Gasteiger partial charge in [-0.3, -0.25) is 0 Å². The second-order valence-electron chi connectivity index (χ2n) is 11.3. The number of hydrogen-bond acceptors (Lipinski definition) is 0. The summed E-state index contributed by atoms with van der Waals surface area (Å²) in [6.07, 6.45) is 7.71. The fourth-order valence-electron chi connectivity index (χ4n) is 8.48. The number of rotatable bonds is 5. The van der Waals surface area contributed by atoms with Crippen LogP contribution in [0.25, 0.3) is 0 Å². The van der Waals surface area contributed by atoms with Gasteiger partial charge in [0.1, 0.15) is 0 Å². The highest BCUT2D eigenvalue weighted by Crippen LogP contribution is 2.70. The van der Waals surface area contributed by atoms with E-state index in [1.54, 1.807) is 19.3 Å². The molecule has 5 aliphatic rings. The Balaban J connectivity index is 1.38. The van der Waals surface area contributed by atoms with E-state index in [2.05, 4.69) is 48.5 Å². The van der Waals surface area contributed by atoms with Crippen LogP contribution in [0.5, 0.6) is 0 Å². The lowest BCUT2D eigenvalue weighted by molar-refractivity contribution is -0.152. The minimum atomic E-state index is 0.751. The summed E-state index contributed by atoms with van der Waals surface area (Å²) in [7, 11) is 0. The lowest BCUT2D eigenvalue weighted by Crippen LogP contribution is -2.57. The van der Waals surface area contributed by atoms with Crippen LogP contribution in [0.2, 0.25) is 0 Å². The van der Waals surface area contributed by atoms with Crippen LogP contribution >= 0.6 is 0 Å². The summed E-state index contributed by atoms with van der Waals surface area (Å²) >= 11 is 0. The van der Waals surface area contributed by atoms with Crippen molar-refractivity contribution in [2.75, 3.05) is 0 Å². The van der Waals surface area contributed by atoms with Gasteiger partial charge in [-0.05, 0) is 103 Å². The van der Waals surface area contributed by atoms with Crippen molar-refractivity contribution in [2.24, 2.45) is 70.5 Å². The monoisotopic (exact) mass is 330 g/mol. The molecule has 0 aliphatic heterocycles. The van der Waals surface area contributed by atoms with Crippen LogP contribution in [0.15, 0.2) is 0 Å². The summed E-state index contributed by atoms with van der Waals surface area (Å²) in [6, 6.07) is 0. The van der Waals surface area contributed by atoms with E-state index in [0.29, 0.717) is 0 Å². The highest BCUT2D eigenvalue weighted by atomic mass is 14.7. The Kier molecular flexibility index (Phi) is 4.17. The van der Waals surface area contributed by atoms with E-state index in [4.69, 9.17) is 0 Å². The summed E-state index contributed by atoms with van der Waals surface area (Å²) in [5, 5.41) is 0. The molecule has 11 atom stereocenters. The maximum Gasteiger partial charge on any atom is -0.0238 e. The van der Waals surface area contributed by atoms with Gasteiger partial charge < -0.3 is 0 Å². The van der Waals surface area contributed by atoms with Crippen molar-refractivity contribution in [2.45, 2.75) is 80.6 Å². The van der Waals surface area contributed by atoms with Crippen molar-refractivity contribution in [3.05, 3.63) is 0 Å². The molecule has 2 bridgehead atoms. The van der Waals surface area contributed by atoms with Gasteiger partial charge in [0.2, 0.25) is 0 Å². The Hall–Kier alpha value is 0. The molecule has 24 heavy (non-hydrogen) atoms. The first-order valence-electron chi connectivity index (χ1n) is 11.3. The molecular weight excluding hydrogens is 288 g/mol. The highest BCUT2D eigenvalue weighted by Gasteiger charge is 2.63. The predicted octanol–water partition coefficient (Wildman–Crippen LogP) is 6.90. The summed E-state index contributed by atoms with van der Waals surface area (Å²) < 4.78 is 0. The number of hydrogen-bond donors (Lipinski definition) is 0. The fourth-order valence-corrected chi connectivity index (χ4v) is 8.48. The van der Waals surface area contributed by atoms with Crippen LogP contribution in [0, 0.1) is 70.5 Å². The molecule has 0 spiro atoms. The molecule has 5 rings (SSSR count). The molecule has 0 amide bonds. The average Bonchev–Trinajstić information content (AvgIpc) is 3.30. The lowest BCUT2D eigenvalue weighted by atomic mass is 9.41. The first-order valence-corrected chi connectivity index (χ1v) is 11.3. The molecule has 0 aromatic carbocycles. The predicted molar refractivity (Wildman–Crippen MR) is 104 cm³/mol. The zero-order chi connectivity index (χ0) is 17.4. The molecule has 11 unspecified atom stereocenters. The van der Waals surface area contributed by atoms with Crippen molar-refractivity contribution in [3.8, 4) is 0 Å². The third kappa shape index (κ3) is 2.30. The van der Waals surface area contributed by atoms with Crippen molar-refractivity contribution >= 4 is 0 Å². The summed E-state index contributed by atoms with van der Waals surface area (Å²) in [4.78, 5) is 0. The van der Waals surface area contributed by atoms with Crippen molar-refractivity contribution in [1.82, 2.24) is 0 Å². The SMILES string of the molecule is CC(C)C1C(C)CC1C(C)C1CC1C(C)C12CCC(C)C(C1)C2C. The van der Waals surface area contributed by atoms with Crippen LogP contribution in [-0.2, 0) is 0 Å². The molecule has 0 nitrogen and oxygen atoms in total. The zero-order valence-electron chi connectivity index (χ0n) is 17.4. The Morgan fingerprint density at radius 1 is 0.833 bits per heavy atom. The maximum absolute atomic E-state index is 2.66. The molecule has 0 heterocycles. The molecule has 0 saturated heterocycles. The van der Waals surface area contributed by atoms with E-state index in [1.165, 1.54) is 12.8 Å². The van der Waals surface area contributed by atoms with Gasteiger partial charge in [0.05, 0.1) is 0 Å². The third-order valence-corrected chi connectivity index (χ3v) is 10.3. The van der Waals surface area contributed by atoms with Crippen molar-refractivity contribution in [1.29, 1.82) is 0 Å². The van der Waals surface area contributed by atoms with Gasteiger partial charge in [-0.2, -0.15) is 0 Å². The van der Waals surface area contributed by atoms with Crippen LogP contribution < -0.4 is 0 Å². The molecule has 5 aliphatic carbocycles. The molecule has 0 radical (unpaired) electrons. The van der Waals surface area contributed by atoms with Gasteiger partial charge in [0.15, 0.2) is 0 Å². The van der Waals surface area contributed by atoms with E-state index >= 15 is 0 Å². The van der Waals surface area contributed by atoms with E-state index in [9.17, 15) is 0 Å². The smallest absolute Gasteiger partial charge is 0.0238 e. The van der Waals surface area contributed by atoms with Crippen molar-refractivity contribution in [3.63, 3.8) is 0 Å². The molecular formula is C24H42. The maximum atomic E-state index is 2.66. The fraction of sp³-hybridized carbons (Fsp3) is 1.00. The summed E-state index contributed by atoms with van der Waals surface area (Å²) in [5.41, 5.74) is 0.751. The molecule has 5 saturated carbocycles. The first-order chi connectivity index (χ1) is 11.3. The Labute approximate surface area is 151 Å². The number of fused-ring (bicyclic) bond motifs is 2. The molecule has 5 fully saturated rings. The minimum Gasteiger partial charge on any atom is -0.0625 e. The third-order valence-electron chi connectivity index (χ3n) is 10.3. The molecule has 0 N–H and O–H groups in total. The van der Waals surface area contributed by atoms with E-state index in [-0.39, 0.29) is 0 Å². The van der Waals surface area contributed by atoms with Gasteiger partial charge in [0.25, 0.3) is 0 Å². The van der Waals surface area contributed by atoms with Gasteiger partial charge in [-0.15, -0.1) is 0 Å². The standard InChI is InChI=1S/C24H42/c1-13(2)23-15(4)10-20(23)16(5)19-11-21(19)17(6)24-9-8-14(3)22(12-24)18(24)7/h13-23H,8-12H2,1-7H3. The minimum absolute atomic E-state index is 0.751. The lowest BCUT2D eigenvalue weighted by Gasteiger charge is -2.64.